The molecule has 2 amide bonds. The van der Waals surface area contributed by atoms with Crippen LogP contribution in [-0.2, 0) is 4.79 Å². The minimum atomic E-state index is -0.304. The van der Waals surface area contributed by atoms with Gasteiger partial charge in [0.2, 0.25) is 11.8 Å². The van der Waals surface area contributed by atoms with Crippen molar-refractivity contribution in [3.63, 3.8) is 0 Å². The second-order valence-corrected chi connectivity index (χ2v) is 8.58. The number of benzene rings is 1. The fourth-order valence-corrected chi connectivity index (χ4v) is 3.89. The molecule has 3 aromatic rings. The molecule has 1 aliphatic rings. The highest BCUT2D eigenvalue weighted by Gasteiger charge is 2.30. The normalized spacial score (nSPS) is 15.8. The molecule has 32 heavy (non-hydrogen) atoms. The Kier molecular flexibility index (Phi) is 6.80. The summed E-state index contributed by atoms with van der Waals surface area (Å²) in [7, 11) is 0. The first-order valence-corrected chi connectivity index (χ1v) is 11.2. The summed E-state index contributed by atoms with van der Waals surface area (Å²) in [6.45, 7) is 2.82. The molecule has 1 unspecified atom stereocenters. The number of aryl methyl sites for hydroxylation is 1. The first-order valence-electron chi connectivity index (χ1n) is 10.4. The van der Waals surface area contributed by atoms with Crippen molar-refractivity contribution < 1.29 is 14.3 Å². The molecule has 1 aromatic carbocycles. The predicted molar refractivity (Wildman–Crippen MR) is 125 cm³/mol. The monoisotopic (exact) mass is 494 g/mol. The van der Waals surface area contributed by atoms with E-state index in [0.29, 0.717) is 30.2 Å². The highest BCUT2D eigenvalue weighted by atomic mass is 79.9. The van der Waals surface area contributed by atoms with Crippen LogP contribution in [0, 0.1) is 12.8 Å². The van der Waals surface area contributed by atoms with Crippen molar-refractivity contribution >= 4 is 33.6 Å². The summed E-state index contributed by atoms with van der Waals surface area (Å²) >= 11 is 3.39. The summed E-state index contributed by atoms with van der Waals surface area (Å²) in [5.41, 5.74) is 1.27. The van der Waals surface area contributed by atoms with Gasteiger partial charge in [0.05, 0.1) is 5.92 Å². The summed E-state index contributed by atoms with van der Waals surface area (Å²) in [6.07, 6.45) is 4.70. The predicted octanol–water partition coefficient (Wildman–Crippen LogP) is 4.83. The van der Waals surface area contributed by atoms with Crippen LogP contribution in [0.4, 0.5) is 5.82 Å². The van der Waals surface area contributed by atoms with Crippen LogP contribution in [0.1, 0.15) is 28.8 Å². The van der Waals surface area contributed by atoms with Gasteiger partial charge in [-0.1, -0.05) is 22.0 Å². The molecule has 0 bridgehead atoms. The number of carbonyl (C=O) groups is 2. The van der Waals surface area contributed by atoms with Gasteiger partial charge in [-0.15, -0.1) is 0 Å². The number of carbonyl (C=O) groups excluding carboxylic acids is 2. The fourth-order valence-electron chi connectivity index (χ4n) is 3.63. The van der Waals surface area contributed by atoms with Gasteiger partial charge >= 0.3 is 0 Å². The lowest BCUT2D eigenvalue weighted by Gasteiger charge is -2.32. The van der Waals surface area contributed by atoms with Gasteiger partial charge in [-0.2, -0.15) is 0 Å². The molecule has 7 nitrogen and oxygen atoms in total. The van der Waals surface area contributed by atoms with Crippen LogP contribution in [0.2, 0.25) is 0 Å². The highest BCUT2D eigenvalue weighted by Crippen LogP contribution is 2.27. The van der Waals surface area contributed by atoms with Crippen molar-refractivity contribution in [2.24, 2.45) is 5.92 Å². The summed E-state index contributed by atoms with van der Waals surface area (Å²) in [5, 5.41) is 2.90. The molecule has 1 fully saturated rings. The van der Waals surface area contributed by atoms with Gasteiger partial charge in [0.1, 0.15) is 17.1 Å². The molecular formula is C24H23BrN4O3. The molecule has 8 heteroatoms. The van der Waals surface area contributed by atoms with Gasteiger partial charge in [0.15, 0.2) is 0 Å². The lowest BCUT2D eigenvalue weighted by molar-refractivity contribution is -0.121. The van der Waals surface area contributed by atoms with Gasteiger partial charge in [-0.3, -0.25) is 9.59 Å². The van der Waals surface area contributed by atoms with Gasteiger partial charge < -0.3 is 15.0 Å². The molecule has 0 aliphatic carbocycles. The number of hydrogen-bond acceptors (Lipinski definition) is 5. The third-order valence-corrected chi connectivity index (χ3v) is 5.89. The van der Waals surface area contributed by atoms with E-state index in [0.717, 1.165) is 22.9 Å². The smallest absolute Gasteiger partial charge is 0.259 e. The number of halogens is 1. The fraction of sp³-hybridized carbons (Fsp3) is 0.250. The summed E-state index contributed by atoms with van der Waals surface area (Å²) < 4.78 is 6.81. The molecule has 164 valence electrons. The zero-order chi connectivity index (χ0) is 22.5. The first-order chi connectivity index (χ1) is 15.5. The molecule has 1 saturated heterocycles. The molecule has 0 radical (unpaired) electrons. The second-order valence-electron chi connectivity index (χ2n) is 7.66. The number of piperidine rings is 1. The number of nitrogens with zero attached hydrogens (tertiary/aromatic N) is 3. The molecular weight excluding hydrogens is 472 g/mol. The average Bonchev–Trinajstić information content (AvgIpc) is 2.82. The lowest BCUT2D eigenvalue weighted by atomic mass is 9.96. The van der Waals surface area contributed by atoms with E-state index < -0.39 is 0 Å². The molecule has 2 aromatic heterocycles. The number of nitrogens with one attached hydrogen (secondary N) is 1. The van der Waals surface area contributed by atoms with Crippen molar-refractivity contribution in [1.29, 1.82) is 0 Å². The number of likely N-dealkylation sites (tertiary alicyclic amines) is 1. The Bertz CT molecular complexity index is 1120. The Hall–Kier alpha value is -3.26. The lowest BCUT2D eigenvalue weighted by Crippen LogP contribution is -2.44. The summed E-state index contributed by atoms with van der Waals surface area (Å²) in [6, 6.07) is 14.4. The van der Waals surface area contributed by atoms with E-state index in [1.54, 1.807) is 41.6 Å². The van der Waals surface area contributed by atoms with E-state index in [4.69, 9.17) is 4.74 Å². The second kappa shape index (κ2) is 9.91. The van der Waals surface area contributed by atoms with Crippen LogP contribution in [0.25, 0.3) is 0 Å². The van der Waals surface area contributed by atoms with Crippen molar-refractivity contribution in [2.45, 2.75) is 19.8 Å². The van der Waals surface area contributed by atoms with Crippen LogP contribution >= 0.6 is 15.9 Å². The minimum Gasteiger partial charge on any atom is -0.438 e. The van der Waals surface area contributed by atoms with Gasteiger partial charge in [-0.05, 0) is 67.8 Å². The maximum Gasteiger partial charge on any atom is 0.259 e. The highest BCUT2D eigenvalue weighted by molar-refractivity contribution is 9.10. The first kappa shape index (κ1) is 22.0. The third kappa shape index (κ3) is 5.13. The Morgan fingerprint density at radius 1 is 1.09 bits per heavy atom. The van der Waals surface area contributed by atoms with Gasteiger partial charge in [-0.25, -0.2) is 9.97 Å². The molecule has 0 spiro atoms. The van der Waals surface area contributed by atoms with E-state index >= 15 is 0 Å². The zero-order valence-electron chi connectivity index (χ0n) is 17.6. The average molecular weight is 495 g/mol. The molecule has 4 rings (SSSR count). The van der Waals surface area contributed by atoms with Crippen LogP contribution in [0.5, 0.6) is 11.6 Å². The molecule has 0 saturated carbocycles. The summed E-state index contributed by atoms with van der Waals surface area (Å²) in [5.74, 6) is 0.761. The van der Waals surface area contributed by atoms with Crippen molar-refractivity contribution in [3.8, 4) is 11.6 Å². The quantitative estimate of drug-likeness (QED) is 0.548. The van der Waals surface area contributed by atoms with E-state index in [-0.39, 0.29) is 23.6 Å². The molecule has 1 aliphatic heterocycles. The number of pyridine rings is 2. The number of anilines is 1. The van der Waals surface area contributed by atoms with Crippen molar-refractivity contribution in [3.05, 3.63) is 76.5 Å². The molecule has 1 N–H and O–H groups in total. The van der Waals surface area contributed by atoms with Crippen LogP contribution in [-0.4, -0.2) is 39.8 Å². The molecule has 3 heterocycles. The van der Waals surface area contributed by atoms with Crippen LogP contribution < -0.4 is 10.1 Å². The maximum absolute atomic E-state index is 13.3. The standard InChI is InChI=1S/C24H23BrN4O3/c1-16-5-2-12-26-21(16)28-22(30)17-6-4-14-29(15-17)24(31)20-7-3-13-27-23(20)32-19-10-8-18(25)9-11-19/h2-3,5,7-13,17H,4,6,14-15H2,1H3,(H,26,28,30). The number of aromatic nitrogens is 2. The topological polar surface area (TPSA) is 84.4 Å². The summed E-state index contributed by atoms with van der Waals surface area (Å²) in [4.78, 5) is 36.3. The van der Waals surface area contributed by atoms with Crippen LogP contribution in [0.3, 0.4) is 0 Å². The van der Waals surface area contributed by atoms with E-state index in [1.165, 1.54) is 0 Å². The number of rotatable bonds is 5. The Balaban J connectivity index is 1.47. The number of ether oxygens (including phenoxy) is 1. The largest absolute Gasteiger partial charge is 0.438 e. The van der Waals surface area contributed by atoms with E-state index in [2.05, 4.69) is 31.2 Å². The van der Waals surface area contributed by atoms with Gasteiger partial charge in [0, 0.05) is 30.0 Å². The minimum absolute atomic E-state index is 0.123. The molecule has 1 atom stereocenters. The van der Waals surface area contributed by atoms with Crippen molar-refractivity contribution in [1.82, 2.24) is 14.9 Å². The van der Waals surface area contributed by atoms with E-state index in [9.17, 15) is 9.59 Å². The Morgan fingerprint density at radius 2 is 1.84 bits per heavy atom. The third-order valence-electron chi connectivity index (χ3n) is 5.36. The SMILES string of the molecule is Cc1cccnc1NC(=O)C1CCCN(C(=O)c2cccnc2Oc2ccc(Br)cc2)C1. The van der Waals surface area contributed by atoms with Gasteiger partial charge in [0.25, 0.3) is 5.91 Å². The van der Waals surface area contributed by atoms with Crippen molar-refractivity contribution in [2.75, 3.05) is 18.4 Å². The number of amides is 2. The Morgan fingerprint density at radius 3 is 2.62 bits per heavy atom. The number of hydrogen-bond donors (Lipinski definition) is 1. The van der Waals surface area contributed by atoms with Crippen LogP contribution in [0.15, 0.2) is 65.4 Å². The Labute approximate surface area is 195 Å². The zero-order valence-corrected chi connectivity index (χ0v) is 19.2. The maximum atomic E-state index is 13.3. The van der Waals surface area contributed by atoms with E-state index in [1.807, 2.05) is 31.2 Å².